The molecule has 0 aliphatic carbocycles. The maximum atomic E-state index is 12.0. The number of nitrogens with one attached hydrogen (secondary N) is 1. The summed E-state index contributed by atoms with van der Waals surface area (Å²) in [7, 11) is 1.67. The molecule has 7 nitrogen and oxygen atoms in total. The molecule has 2 aromatic heterocycles. The Morgan fingerprint density at radius 2 is 2.45 bits per heavy atom. The molecule has 0 aliphatic heterocycles. The number of rotatable bonds is 9. The van der Waals surface area contributed by atoms with Crippen molar-refractivity contribution in [2.75, 3.05) is 19.5 Å². The second kappa shape index (κ2) is 8.60. The Bertz CT molecular complexity index is 570. The Labute approximate surface area is 133 Å². The second-order valence-corrected chi connectivity index (χ2v) is 5.69. The summed E-state index contributed by atoms with van der Waals surface area (Å²) in [6.45, 7) is 3.34. The third kappa shape index (κ3) is 4.88. The van der Waals surface area contributed by atoms with Gasteiger partial charge in [-0.1, -0.05) is 11.8 Å². The van der Waals surface area contributed by atoms with Crippen molar-refractivity contribution in [3.05, 3.63) is 30.5 Å². The molecular weight excluding hydrogens is 304 g/mol. The summed E-state index contributed by atoms with van der Waals surface area (Å²) in [5.41, 5.74) is 0. The third-order valence-electron chi connectivity index (χ3n) is 3.01. The first-order chi connectivity index (χ1) is 10.7. The highest BCUT2D eigenvalue weighted by atomic mass is 32.2. The van der Waals surface area contributed by atoms with Crippen LogP contribution in [0.3, 0.4) is 0 Å². The Morgan fingerprint density at radius 1 is 1.59 bits per heavy atom. The minimum absolute atomic E-state index is 0.0691. The Morgan fingerprint density at radius 3 is 3.18 bits per heavy atom. The van der Waals surface area contributed by atoms with Gasteiger partial charge in [-0.15, -0.1) is 10.2 Å². The largest absolute Gasteiger partial charge is 0.467 e. The van der Waals surface area contributed by atoms with Crippen molar-refractivity contribution < 1.29 is 13.9 Å². The molecule has 0 fully saturated rings. The summed E-state index contributed by atoms with van der Waals surface area (Å²) in [4.78, 5) is 12.0. The van der Waals surface area contributed by atoms with Gasteiger partial charge < -0.3 is 19.0 Å². The monoisotopic (exact) mass is 324 g/mol. The molecule has 0 aromatic carbocycles. The molecule has 120 valence electrons. The molecule has 22 heavy (non-hydrogen) atoms. The highest BCUT2D eigenvalue weighted by Crippen LogP contribution is 2.16. The minimum Gasteiger partial charge on any atom is -0.467 e. The highest BCUT2D eigenvalue weighted by Gasteiger charge is 2.13. The van der Waals surface area contributed by atoms with Crippen LogP contribution in [0.5, 0.6) is 0 Å². The molecule has 2 rings (SSSR count). The molecule has 0 aliphatic rings. The van der Waals surface area contributed by atoms with Crippen LogP contribution in [0, 0.1) is 0 Å². The van der Waals surface area contributed by atoms with Crippen molar-refractivity contribution in [1.29, 1.82) is 0 Å². The van der Waals surface area contributed by atoms with E-state index in [1.807, 2.05) is 17.6 Å². The van der Waals surface area contributed by atoms with Crippen molar-refractivity contribution in [3.8, 4) is 0 Å². The fourth-order valence-corrected chi connectivity index (χ4v) is 2.66. The van der Waals surface area contributed by atoms with Crippen molar-refractivity contribution in [2.24, 2.45) is 0 Å². The first-order valence-electron chi connectivity index (χ1n) is 7.03. The third-order valence-corrected chi connectivity index (χ3v) is 3.99. The lowest BCUT2D eigenvalue weighted by Gasteiger charge is -2.11. The number of hydrogen-bond acceptors (Lipinski definition) is 6. The lowest BCUT2D eigenvalue weighted by Crippen LogP contribution is -2.28. The van der Waals surface area contributed by atoms with E-state index in [2.05, 4.69) is 15.5 Å². The Kier molecular flexibility index (Phi) is 6.47. The lowest BCUT2D eigenvalue weighted by atomic mass is 10.2. The van der Waals surface area contributed by atoms with E-state index in [0.717, 1.165) is 23.9 Å². The van der Waals surface area contributed by atoms with Gasteiger partial charge in [0.15, 0.2) is 5.16 Å². The first kappa shape index (κ1) is 16.6. The van der Waals surface area contributed by atoms with Gasteiger partial charge in [0.05, 0.1) is 18.1 Å². The molecule has 0 radical (unpaired) electrons. The number of amides is 1. The van der Waals surface area contributed by atoms with Gasteiger partial charge in [-0.05, 0) is 25.5 Å². The average Bonchev–Trinajstić information content (AvgIpc) is 3.17. The number of carbonyl (C=O) groups is 1. The number of hydrogen-bond donors (Lipinski definition) is 1. The van der Waals surface area contributed by atoms with Gasteiger partial charge in [0.1, 0.15) is 12.1 Å². The molecule has 1 amide bonds. The molecule has 0 saturated heterocycles. The lowest BCUT2D eigenvalue weighted by molar-refractivity contribution is -0.119. The molecule has 8 heteroatoms. The summed E-state index contributed by atoms with van der Waals surface area (Å²) in [6.07, 6.45) is 4.14. The van der Waals surface area contributed by atoms with Crippen molar-refractivity contribution >= 4 is 17.7 Å². The van der Waals surface area contributed by atoms with Gasteiger partial charge in [0.25, 0.3) is 0 Å². The highest BCUT2D eigenvalue weighted by molar-refractivity contribution is 7.99. The zero-order valence-corrected chi connectivity index (χ0v) is 13.5. The number of carbonyl (C=O) groups excluding carboxylic acids is 1. The molecule has 0 spiro atoms. The quantitative estimate of drug-likeness (QED) is 0.560. The van der Waals surface area contributed by atoms with E-state index >= 15 is 0 Å². The van der Waals surface area contributed by atoms with E-state index in [9.17, 15) is 4.79 Å². The number of ether oxygens (including phenoxy) is 1. The fraction of sp³-hybridized carbons (Fsp3) is 0.500. The molecular formula is C14H20N4O3S. The fourth-order valence-electron chi connectivity index (χ4n) is 1.91. The number of aromatic nitrogens is 3. The van der Waals surface area contributed by atoms with E-state index in [1.54, 1.807) is 25.8 Å². The second-order valence-electron chi connectivity index (χ2n) is 4.75. The van der Waals surface area contributed by atoms with Crippen LogP contribution >= 0.6 is 11.8 Å². The standard InChI is InChI=1S/C14H20N4O3S/c1-11(12-5-3-8-21-12)16-13(19)9-22-14-17-15-10-18(14)6-4-7-20-2/h3,5,8,10-11H,4,6-7,9H2,1-2H3,(H,16,19). The summed E-state index contributed by atoms with van der Waals surface area (Å²) < 4.78 is 12.2. The van der Waals surface area contributed by atoms with E-state index in [-0.39, 0.29) is 17.7 Å². The van der Waals surface area contributed by atoms with Crippen LogP contribution in [0.1, 0.15) is 25.1 Å². The van der Waals surface area contributed by atoms with Crippen molar-refractivity contribution in [3.63, 3.8) is 0 Å². The Hall–Kier alpha value is -1.80. The van der Waals surface area contributed by atoms with Crippen LogP contribution < -0.4 is 5.32 Å². The van der Waals surface area contributed by atoms with Gasteiger partial charge >= 0.3 is 0 Å². The van der Waals surface area contributed by atoms with E-state index < -0.39 is 0 Å². The maximum Gasteiger partial charge on any atom is 0.231 e. The van der Waals surface area contributed by atoms with Crippen molar-refractivity contribution in [1.82, 2.24) is 20.1 Å². The number of furan rings is 1. The number of methoxy groups -OCH3 is 1. The summed E-state index contributed by atoms with van der Waals surface area (Å²) in [5.74, 6) is 0.954. The van der Waals surface area contributed by atoms with Gasteiger partial charge in [0, 0.05) is 20.3 Å². The first-order valence-corrected chi connectivity index (χ1v) is 8.01. The van der Waals surface area contributed by atoms with Crippen LogP contribution in [0.2, 0.25) is 0 Å². The zero-order chi connectivity index (χ0) is 15.8. The molecule has 1 atom stereocenters. The molecule has 2 aromatic rings. The predicted octanol–water partition coefficient (Wildman–Crippen LogP) is 1.88. The average molecular weight is 324 g/mol. The number of aryl methyl sites for hydroxylation is 1. The minimum atomic E-state index is -0.150. The SMILES string of the molecule is COCCCn1cnnc1SCC(=O)NC(C)c1ccco1. The number of nitrogens with zero attached hydrogens (tertiary/aromatic N) is 3. The molecule has 1 N–H and O–H groups in total. The van der Waals surface area contributed by atoms with E-state index in [1.165, 1.54) is 11.8 Å². The molecule has 1 unspecified atom stereocenters. The smallest absolute Gasteiger partial charge is 0.231 e. The van der Waals surface area contributed by atoms with Gasteiger partial charge in [0.2, 0.25) is 5.91 Å². The Balaban J connectivity index is 1.77. The topological polar surface area (TPSA) is 82.2 Å². The van der Waals surface area contributed by atoms with Crippen LogP contribution in [-0.2, 0) is 16.1 Å². The van der Waals surface area contributed by atoms with Crippen molar-refractivity contribution in [2.45, 2.75) is 31.1 Å². The van der Waals surface area contributed by atoms with E-state index in [0.29, 0.717) is 6.61 Å². The predicted molar refractivity (Wildman–Crippen MR) is 82.5 cm³/mol. The summed E-state index contributed by atoms with van der Waals surface area (Å²) in [5, 5.41) is 11.5. The maximum absolute atomic E-state index is 12.0. The van der Waals surface area contributed by atoms with Crippen LogP contribution in [0.4, 0.5) is 0 Å². The van der Waals surface area contributed by atoms with Crippen LogP contribution in [0.25, 0.3) is 0 Å². The van der Waals surface area contributed by atoms with Gasteiger partial charge in [-0.3, -0.25) is 4.79 Å². The summed E-state index contributed by atoms with van der Waals surface area (Å²) in [6, 6.07) is 3.49. The van der Waals surface area contributed by atoms with Gasteiger partial charge in [-0.2, -0.15) is 0 Å². The zero-order valence-electron chi connectivity index (χ0n) is 12.7. The summed E-state index contributed by atoms with van der Waals surface area (Å²) >= 11 is 1.36. The molecule has 2 heterocycles. The van der Waals surface area contributed by atoms with Crippen LogP contribution in [0.15, 0.2) is 34.3 Å². The molecule has 0 bridgehead atoms. The van der Waals surface area contributed by atoms with Crippen LogP contribution in [-0.4, -0.2) is 40.1 Å². The molecule has 0 saturated carbocycles. The normalized spacial score (nSPS) is 12.3. The number of thioether (sulfide) groups is 1. The van der Waals surface area contributed by atoms with E-state index in [4.69, 9.17) is 9.15 Å². The van der Waals surface area contributed by atoms with Gasteiger partial charge in [-0.25, -0.2) is 0 Å².